The fourth-order valence-electron chi connectivity index (χ4n) is 3.87. The second-order valence-electron chi connectivity index (χ2n) is 8.06. The summed E-state index contributed by atoms with van der Waals surface area (Å²) >= 11 is 0. The number of halogens is 1. The molecule has 1 N–H and O–H groups in total. The number of amides is 1. The van der Waals surface area contributed by atoms with E-state index in [1.54, 1.807) is 48.5 Å². The molecule has 0 bridgehead atoms. The summed E-state index contributed by atoms with van der Waals surface area (Å²) in [6.07, 6.45) is 3.37. The molecule has 1 aliphatic rings. The van der Waals surface area contributed by atoms with Crippen LogP contribution < -0.4 is 5.32 Å². The average Bonchev–Trinajstić information content (AvgIpc) is 3.31. The van der Waals surface area contributed by atoms with E-state index < -0.39 is 10.0 Å². The Morgan fingerprint density at radius 1 is 1.09 bits per heavy atom. The van der Waals surface area contributed by atoms with Crippen molar-refractivity contribution in [3.63, 3.8) is 0 Å². The van der Waals surface area contributed by atoms with Gasteiger partial charge >= 0.3 is 0 Å². The van der Waals surface area contributed by atoms with Crippen LogP contribution in [0.4, 0.5) is 4.39 Å². The summed E-state index contributed by atoms with van der Waals surface area (Å²) in [6, 6.07) is 14.7. The Labute approximate surface area is 192 Å². The molecule has 4 rings (SSSR count). The maximum Gasteiger partial charge on any atom is 0.243 e. The third kappa shape index (κ3) is 5.66. The van der Waals surface area contributed by atoms with Crippen molar-refractivity contribution in [3.05, 3.63) is 72.5 Å². The fraction of sp³-hybridized carbons (Fsp3) is 0.333. The molecule has 0 spiro atoms. The molecule has 1 aromatic heterocycles. The number of rotatable bonds is 8. The van der Waals surface area contributed by atoms with Crippen LogP contribution >= 0.6 is 0 Å². The van der Waals surface area contributed by atoms with Gasteiger partial charge in [-0.15, -0.1) is 0 Å². The van der Waals surface area contributed by atoms with Gasteiger partial charge in [-0.1, -0.05) is 30.3 Å². The zero-order valence-electron chi connectivity index (χ0n) is 18.1. The zero-order valence-corrected chi connectivity index (χ0v) is 18.9. The highest BCUT2D eigenvalue weighted by atomic mass is 32.2. The van der Waals surface area contributed by atoms with E-state index in [1.165, 1.54) is 16.6 Å². The molecule has 1 amide bonds. The molecule has 2 heterocycles. The summed E-state index contributed by atoms with van der Waals surface area (Å²) in [5.41, 5.74) is 0.335. The Hall–Kier alpha value is -3.04. The minimum Gasteiger partial charge on any atom is -0.441 e. The van der Waals surface area contributed by atoms with E-state index in [0.717, 1.165) is 0 Å². The number of oxazole rings is 1. The largest absolute Gasteiger partial charge is 0.441 e. The smallest absolute Gasteiger partial charge is 0.243 e. The number of piperidine rings is 1. The van der Waals surface area contributed by atoms with Gasteiger partial charge in [0.25, 0.3) is 0 Å². The van der Waals surface area contributed by atoms with Crippen LogP contribution in [0.1, 0.15) is 25.2 Å². The van der Waals surface area contributed by atoms with Crippen molar-refractivity contribution >= 4 is 15.9 Å². The van der Waals surface area contributed by atoms with Crippen LogP contribution in [0.25, 0.3) is 11.3 Å². The van der Waals surface area contributed by atoms with Gasteiger partial charge in [-0.05, 0) is 43.0 Å². The highest BCUT2D eigenvalue weighted by Gasteiger charge is 2.29. The minimum atomic E-state index is -3.47. The fourth-order valence-corrected chi connectivity index (χ4v) is 5.36. The maximum atomic E-state index is 13.9. The van der Waals surface area contributed by atoms with Gasteiger partial charge in [0.05, 0.1) is 16.7 Å². The zero-order chi connectivity index (χ0) is 23.3. The first-order valence-corrected chi connectivity index (χ1v) is 12.4. The first kappa shape index (κ1) is 23.1. The quantitative estimate of drug-likeness (QED) is 0.542. The number of aryl methyl sites for hydroxylation is 1. The van der Waals surface area contributed by atoms with Gasteiger partial charge in [-0.25, -0.2) is 17.8 Å². The van der Waals surface area contributed by atoms with Crippen LogP contribution in [0.3, 0.4) is 0 Å². The molecule has 0 radical (unpaired) electrons. The molecular formula is C24H26FN3O4S. The molecule has 2 aromatic carbocycles. The predicted octanol–water partition coefficient (Wildman–Crippen LogP) is 3.63. The molecule has 0 saturated carbocycles. The number of carbonyl (C=O) groups excluding carboxylic acids is 1. The molecular weight excluding hydrogens is 445 g/mol. The molecule has 9 heteroatoms. The van der Waals surface area contributed by atoms with Crippen molar-refractivity contribution in [2.24, 2.45) is 5.92 Å². The number of hydrogen-bond acceptors (Lipinski definition) is 5. The third-order valence-electron chi connectivity index (χ3n) is 5.80. The lowest BCUT2D eigenvalue weighted by molar-refractivity contribution is -0.121. The topological polar surface area (TPSA) is 92.5 Å². The molecule has 7 nitrogen and oxygen atoms in total. The number of nitrogens with zero attached hydrogens (tertiary/aromatic N) is 2. The number of hydrogen-bond donors (Lipinski definition) is 1. The lowest BCUT2D eigenvalue weighted by Gasteiger charge is -2.31. The second-order valence-corrected chi connectivity index (χ2v) is 10.0. The summed E-state index contributed by atoms with van der Waals surface area (Å²) < 4.78 is 46.4. The lowest BCUT2D eigenvalue weighted by Crippen LogP contribution is -2.41. The third-order valence-corrected chi connectivity index (χ3v) is 7.71. The number of sulfonamides is 1. The molecule has 0 unspecified atom stereocenters. The highest BCUT2D eigenvalue weighted by molar-refractivity contribution is 7.89. The van der Waals surface area contributed by atoms with Crippen molar-refractivity contribution in [2.45, 2.75) is 30.6 Å². The molecule has 1 aliphatic heterocycles. The number of carbonyl (C=O) groups is 1. The molecule has 33 heavy (non-hydrogen) atoms. The van der Waals surface area contributed by atoms with E-state index >= 15 is 0 Å². The van der Waals surface area contributed by atoms with Gasteiger partial charge < -0.3 is 9.73 Å². The Kier molecular flexibility index (Phi) is 7.20. The van der Waals surface area contributed by atoms with Crippen LogP contribution in [0.15, 0.2) is 70.1 Å². The first-order valence-electron chi connectivity index (χ1n) is 10.9. The summed E-state index contributed by atoms with van der Waals surface area (Å²) in [7, 11) is -3.47. The molecule has 0 aliphatic carbocycles. The van der Waals surface area contributed by atoms with Gasteiger partial charge in [-0.3, -0.25) is 4.79 Å². The van der Waals surface area contributed by atoms with E-state index in [1.807, 2.05) is 0 Å². The predicted molar refractivity (Wildman–Crippen MR) is 121 cm³/mol. The van der Waals surface area contributed by atoms with Crippen molar-refractivity contribution in [1.82, 2.24) is 14.6 Å². The van der Waals surface area contributed by atoms with Gasteiger partial charge in [0.15, 0.2) is 11.7 Å². The molecule has 1 fully saturated rings. The standard InChI is InChI=1S/C24H26FN3O4S/c25-21-9-5-4-8-20(21)22-17-27-24(32-22)11-10-23(29)26-16-18-12-14-28(15-13-18)33(30,31)19-6-2-1-3-7-19/h1-9,17-18H,10-16H2,(H,26,29). The Bertz CT molecular complexity index is 1190. The van der Waals surface area contributed by atoms with Crippen molar-refractivity contribution in [2.75, 3.05) is 19.6 Å². The summed E-state index contributed by atoms with van der Waals surface area (Å²) in [5, 5.41) is 2.92. The summed E-state index contributed by atoms with van der Waals surface area (Å²) in [5.74, 6) is 0.426. The molecule has 3 aromatic rings. The van der Waals surface area contributed by atoms with Gasteiger partial charge in [0.2, 0.25) is 15.9 Å². The summed E-state index contributed by atoms with van der Waals surface area (Å²) in [4.78, 5) is 16.7. The van der Waals surface area contributed by atoms with Crippen molar-refractivity contribution in [1.29, 1.82) is 0 Å². The number of benzene rings is 2. The van der Waals surface area contributed by atoms with E-state index in [-0.39, 0.29) is 24.1 Å². The van der Waals surface area contributed by atoms with E-state index in [9.17, 15) is 17.6 Å². The van der Waals surface area contributed by atoms with Crippen LogP contribution in [0.5, 0.6) is 0 Å². The van der Waals surface area contributed by atoms with E-state index in [4.69, 9.17) is 4.42 Å². The highest BCUT2D eigenvalue weighted by Crippen LogP contribution is 2.24. The molecule has 1 saturated heterocycles. The van der Waals surface area contributed by atoms with Crippen LogP contribution in [0, 0.1) is 11.7 Å². The first-order chi connectivity index (χ1) is 15.9. The Balaban J connectivity index is 1.20. The lowest BCUT2D eigenvalue weighted by atomic mass is 9.98. The SMILES string of the molecule is O=C(CCc1ncc(-c2ccccc2F)o1)NCC1CCN(S(=O)(=O)c2ccccc2)CC1. The maximum absolute atomic E-state index is 13.9. The van der Waals surface area contributed by atoms with Gasteiger partial charge in [0.1, 0.15) is 5.82 Å². The van der Waals surface area contributed by atoms with Crippen LogP contribution in [0.2, 0.25) is 0 Å². The Morgan fingerprint density at radius 3 is 2.52 bits per heavy atom. The summed E-state index contributed by atoms with van der Waals surface area (Å²) in [6.45, 7) is 1.38. The molecule has 174 valence electrons. The molecule has 0 atom stereocenters. The normalized spacial score (nSPS) is 15.4. The van der Waals surface area contributed by atoms with E-state index in [0.29, 0.717) is 61.0 Å². The average molecular weight is 472 g/mol. The monoisotopic (exact) mass is 471 g/mol. The Morgan fingerprint density at radius 2 is 1.79 bits per heavy atom. The second kappa shape index (κ2) is 10.3. The van der Waals surface area contributed by atoms with Crippen LogP contribution in [-0.2, 0) is 21.2 Å². The van der Waals surface area contributed by atoms with Crippen molar-refractivity contribution < 1.29 is 22.0 Å². The number of aromatic nitrogens is 1. The number of nitrogens with one attached hydrogen (secondary N) is 1. The van der Waals surface area contributed by atoms with Crippen LogP contribution in [-0.4, -0.2) is 43.2 Å². The van der Waals surface area contributed by atoms with Gasteiger partial charge in [0, 0.05) is 32.5 Å². The van der Waals surface area contributed by atoms with E-state index in [2.05, 4.69) is 10.3 Å². The minimum absolute atomic E-state index is 0.125. The van der Waals surface area contributed by atoms with Gasteiger partial charge in [-0.2, -0.15) is 4.31 Å². The van der Waals surface area contributed by atoms with Crippen molar-refractivity contribution in [3.8, 4) is 11.3 Å².